The summed E-state index contributed by atoms with van der Waals surface area (Å²) in [6.07, 6.45) is 3.04. The van der Waals surface area contributed by atoms with Crippen LogP contribution >= 0.6 is 11.8 Å². The molecule has 0 spiro atoms. The molecule has 1 rings (SSSR count). The average Bonchev–Trinajstić information content (AvgIpc) is 2.37. The maximum Gasteiger partial charge on any atom is 0.303 e. The van der Waals surface area contributed by atoms with E-state index in [1.807, 2.05) is 36.6 Å². The Morgan fingerprint density at radius 3 is 2.58 bits per heavy atom. The second kappa shape index (κ2) is 8.58. The van der Waals surface area contributed by atoms with Gasteiger partial charge in [-0.3, -0.25) is 9.59 Å². The van der Waals surface area contributed by atoms with Gasteiger partial charge in [0.05, 0.1) is 5.75 Å². The first-order valence-corrected chi connectivity index (χ1v) is 7.55. The molecule has 4 nitrogen and oxygen atoms in total. The number of carbonyl (C=O) groups is 2. The lowest BCUT2D eigenvalue weighted by Gasteiger charge is -2.18. The van der Waals surface area contributed by atoms with Gasteiger partial charge in [-0.2, -0.15) is 11.8 Å². The van der Waals surface area contributed by atoms with Crippen LogP contribution in [-0.2, 0) is 16.0 Å². The van der Waals surface area contributed by atoms with Gasteiger partial charge < -0.3 is 10.4 Å². The Morgan fingerprint density at radius 1 is 1.32 bits per heavy atom. The van der Waals surface area contributed by atoms with E-state index in [4.69, 9.17) is 5.11 Å². The second-order valence-electron chi connectivity index (χ2n) is 4.32. The Balaban J connectivity index is 2.58. The molecule has 1 amide bonds. The quantitative estimate of drug-likeness (QED) is 0.764. The van der Waals surface area contributed by atoms with E-state index in [-0.39, 0.29) is 18.4 Å². The Hall–Kier alpha value is -1.49. The van der Waals surface area contributed by atoms with E-state index in [0.29, 0.717) is 18.6 Å². The molecule has 104 valence electrons. The number of benzene rings is 1. The van der Waals surface area contributed by atoms with Gasteiger partial charge in [0.2, 0.25) is 5.91 Å². The van der Waals surface area contributed by atoms with Crippen LogP contribution in [-0.4, -0.2) is 35.0 Å². The molecule has 0 saturated carbocycles. The molecule has 1 aromatic rings. The van der Waals surface area contributed by atoms with E-state index in [1.165, 1.54) is 11.8 Å². The van der Waals surface area contributed by atoms with Gasteiger partial charge in [0.15, 0.2) is 0 Å². The Labute approximate surface area is 117 Å². The maximum absolute atomic E-state index is 11.6. The van der Waals surface area contributed by atoms with Crippen molar-refractivity contribution in [3.8, 4) is 0 Å². The van der Waals surface area contributed by atoms with Crippen molar-refractivity contribution in [1.29, 1.82) is 0 Å². The number of carbonyl (C=O) groups excluding carboxylic acids is 1. The number of rotatable bonds is 8. The van der Waals surface area contributed by atoms with Gasteiger partial charge in [-0.25, -0.2) is 0 Å². The second-order valence-corrected chi connectivity index (χ2v) is 5.19. The summed E-state index contributed by atoms with van der Waals surface area (Å²) >= 11 is 1.45. The average molecular weight is 281 g/mol. The first kappa shape index (κ1) is 15.6. The van der Waals surface area contributed by atoms with Crippen LogP contribution in [0.5, 0.6) is 0 Å². The van der Waals surface area contributed by atoms with Gasteiger partial charge in [-0.05, 0) is 24.7 Å². The van der Waals surface area contributed by atoms with E-state index in [1.54, 1.807) is 0 Å². The fraction of sp³-hybridized carbons (Fsp3) is 0.429. The number of thioether (sulfide) groups is 1. The SMILES string of the molecule is CSCC(=O)NC(CCC(=O)O)Cc1ccccc1. The third-order valence-electron chi connectivity index (χ3n) is 2.67. The lowest BCUT2D eigenvalue weighted by molar-refractivity contribution is -0.137. The van der Waals surface area contributed by atoms with Crippen molar-refractivity contribution in [3.05, 3.63) is 35.9 Å². The Kier molecular flexibility index (Phi) is 7.03. The minimum Gasteiger partial charge on any atom is -0.481 e. The first-order chi connectivity index (χ1) is 9.11. The highest BCUT2D eigenvalue weighted by Crippen LogP contribution is 2.08. The third kappa shape index (κ3) is 6.86. The molecule has 0 aliphatic carbocycles. The third-order valence-corrected chi connectivity index (χ3v) is 3.22. The van der Waals surface area contributed by atoms with E-state index in [2.05, 4.69) is 5.32 Å². The summed E-state index contributed by atoms with van der Waals surface area (Å²) in [6.45, 7) is 0. The molecule has 1 aromatic carbocycles. The molecule has 5 heteroatoms. The van der Waals surface area contributed by atoms with E-state index in [9.17, 15) is 9.59 Å². The predicted molar refractivity (Wildman–Crippen MR) is 77.3 cm³/mol. The summed E-state index contributed by atoms with van der Waals surface area (Å²) in [6, 6.07) is 9.64. The summed E-state index contributed by atoms with van der Waals surface area (Å²) in [4.78, 5) is 22.3. The maximum atomic E-state index is 11.6. The lowest BCUT2D eigenvalue weighted by Crippen LogP contribution is -2.37. The van der Waals surface area contributed by atoms with Gasteiger partial charge in [0, 0.05) is 12.5 Å². The molecule has 0 aliphatic heterocycles. The van der Waals surface area contributed by atoms with Crippen LogP contribution in [0.4, 0.5) is 0 Å². The number of carboxylic acid groups (broad SMARTS) is 1. The van der Waals surface area contributed by atoms with Crippen molar-refractivity contribution < 1.29 is 14.7 Å². The number of nitrogens with one attached hydrogen (secondary N) is 1. The highest BCUT2D eigenvalue weighted by molar-refractivity contribution is 7.99. The summed E-state index contributed by atoms with van der Waals surface area (Å²) in [5.41, 5.74) is 1.10. The molecule has 1 unspecified atom stereocenters. The summed E-state index contributed by atoms with van der Waals surface area (Å²) < 4.78 is 0. The van der Waals surface area contributed by atoms with Gasteiger partial charge in [0.25, 0.3) is 0 Å². The van der Waals surface area contributed by atoms with Crippen LogP contribution in [0.15, 0.2) is 30.3 Å². The predicted octanol–water partition coefficient (Wildman–Crippen LogP) is 1.94. The summed E-state index contributed by atoms with van der Waals surface area (Å²) in [5.74, 6) is -0.478. The Morgan fingerprint density at radius 2 is 2.00 bits per heavy atom. The highest BCUT2D eigenvalue weighted by atomic mass is 32.2. The molecule has 1 atom stereocenters. The molecule has 0 aromatic heterocycles. The minimum atomic E-state index is -0.836. The molecule has 0 radical (unpaired) electrons. The number of hydrogen-bond donors (Lipinski definition) is 2. The molecular formula is C14H19NO3S. The summed E-state index contributed by atoms with van der Waals surface area (Å²) in [7, 11) is 0. The zero-order chi connectivity index (χ0) is 14.1. The fourth-order valence-corrected chi connectivity index (χ4v) is 2.17. The monoisotopic (exact) mass is 281 g/mol. The molecule has 0 saturated heterocycles. The molecule has 0 heterocycles. The molecule has 0 aliphatic rings. The van der Waals surface area contributed by atoms with Gasteiger partial charge in [-0.1, -0.05) is 30.3 Å². The van der Waals surface area contributed by atoms with Crippen LogP contribution in [0.25, 0.3) is 0 Å². The van der Waals surface area contributed by atoms with Crippen molar-refractivity contribution in [1.82, 2.24) is 5.32 Å². The van der Waals surface area contributed by atoms with Gasteiger partial charge >= 0.3 is 5.97 Å². The van der Waals surface area contributed by atoms with Crippen molar-refractivity contribution >= 4 is 23.6 Å². The highest BCUT2D eigenvalue weighted by Gasteiger charge is 2.14. The van der Waals surface area contributed by atoms with E-state index < -0.39 is 5.97 Å². The van der Waals surface area contributed by atoms with Gasteiger partial charge in [0.1, 0.15) is 0 Å². The number of amides is 1. The fourth-order valence-electron chi connectivity index (χ4n) is 1.82. The molecule has 2 N–H and O–H groups in total. The van der Waals surface area contributed by atoms with Crippen molar-refractivity contribution in [2.24, 2.45) is 0 Å². The molecule has 0 bridgehead atoms. The molecule has 19 heavy (non-hydrogen) atoms. The van der Waals surface area contributed by atoms with Crippen LogP contribution in [0, 0.1) is 0 Å². The minimum absolute atomic E-state index is 0.0428. The van der Waals surface area contributed by atoms with Crippen molar-refractivity contribution in [2.75, 3.05) is 12.0 Å². The standard InChI is InChI=1S/C14H19NO3S/c1-19-10-13(16)15-12(7-8-14(17)18)9-11-5-3-2-4-6-11/h2-6,12H,7-10H2,1H3,(H,15,16)(H,17,18). The number of aliphatic carboxylic acids is 1. The largest absolute Gasteiger partial charge is 0.481 e. The van der Waals surface area contributed by atoms with E-state index in [0.717, 1.165) is 5.56 Å². The first-order valence-electron chi connectivity index (χ1n) is 6.16. The topological polar surface area (TPSA) is 66.4 Å². The van der Waals surface area contributed by atoms with Crippen LogP contribution < -0.4 is 5.32 Å². The van der Waals surface area contributed by atoms with E-state index >= 15 is 0 Å². The lowest BCUT2D eigenvalue weighted by atomic mass is 10.0. The van der Waals surface area contributed by atoms with Crippen molar-refractivity contribution in [3.63, 3.8) is 0 Å². The molecular weight excluding hydrogens is 262 g/mol. The zero-order valence-corrected chi connectivity index (χ0v) is 11.8. The van der Waals surface area contributed by atoms with Crippen molar-refractivity contribution in [2.45, 2.75) is 25.3 Å². The normalized spacial score (nSPS) is 11.8. The molecule has 0 fully saturated rings. The summed E-state index contributed by atoms with van der Waals surface area (Å²) in [5, 5.41) is 11.6. The smallest absolute Gasteiger partial charge is 0.303 e. The van der Waals surface area contributed by atoms with Crippen LogP contribution in [0.3, 0.4) is 0 Å². The van der Waals surface area contributed by atoms with Crippen LogP contribution in [0.1, 0.15) is 18.4 Å². The zero-order valence-electron chi connectivity index (χ0n) is 11.0. The van der Waals surface area contributed by atoms with Gasteiger partial charge in [-0.15, -0.1) is 0 Å². The van der Waals surface area contributed by atoms with Crippen LogP contribution in [0.2, 0.25) is 0 Å². The Bertz CT molecular complexity index is 408. The number of hydrogen-bond acceptors (Lipinski definition) is 3. The number of carboxylic acids is 1.